The Balaban J connectivity index is 2.06. The molecule has 0 atom stereocenters. The molecule has 0 bridgehead atoms. The normalized spacial score (nSPS) is 9.57. The SMILES string of the molecule is CCCNC(=O)c1ccc(C#Cc2ccc(N)cc2)cc1. The Bertz CT molecular complexity index is 661. The molecule has 0 spiro atoms. The number of benzene rings is 2. The fourth-order valence-corrected chi connectivity index (χ4v) is 1.76. The van der Waals surface area contributed by atoms with E-state index in [9.17, 15) is 4.79 Å². The Morgan fingerprint density at radius 2 is 1.52 bits per heavy atom. The highest BCUT2D eigenvalue weighted by Gasteiger charge is 2.02. The van der Waals surface area contributed by atoms with Crippen LogP contribution in [0, 0.1) is 11.8 Å². The van der Waals surface area contributed by atoms with Crippen LogP contribution >= 0.6 is 0 Å². The van der Waals surface area contributed by atoms with Gasteiger partial charge in [-0.25, -0.2) is 0 Å². The lowest BCUT2D eigenvalue weighted by Gasteiger charge is -2.02. The topological polar surface area (TPSA) is 55.1 Å². The monoisotopic (exact) mass is 278 g/mol. The third kappa shape index (κ3) is 4.39. The van der Waals surface area contributed by atoms with E-state index in [0.29, 0.717) is 12.1 Å². The lowest BCUT2D eigenvalue weighted by atomic mass is 10.1. The molecule has 0 heterocycles. The van der Waals surface area contributed by atoms with Gasteiger partial charge in [-0.1, -0.05) is 18.8 Å². The van der Waals surface area contributed by atoms with Crippen LogP contribution in [0.25, 0.3) is 0 Å². The van der Waals surface area contributed by atoms with Crippen molar-refractivity contribution in [1.29, 1.82) is 0 Å². The summed E-state index contributed by atoms with van der Waals surface area (Å²) in [5, 5.41) is 2.84. The van der Waals surface area contributed by atoms with Gasteiger partial charge in [0.1, 0.15) is 0 Å². The zero-order valence-electron chi connectivity index (χ0n) is 12.0. The van der Waals surface area contributed by atoms with E-state index in [1.165, 1.54) is 0 Å². The smallest absolute Gasteiger partial charge is 0.251 e. The van der Waals surface area contributed by atoms with Gasteiger partial charge in [0.2, 0.25) is 0 Å². The first-order chi connectivity index (χ1) is 10.2. The molecule has 2 aromatic rings. The van der Waals surface area contributed by atoms with Crippen LogP contribution in [0.3, 0.4) is 0 Å². The van der Waals surface area contributed by atoms with Gasteiger partial charge in [0.25, 0.3) is 5.91 Å². The van der Waals surface area contributed by atoms with E-state index < -0.39 is 0 Å². The molecular weight excluding hydrogens is 260 g/mol. The summed E-state index contributed by atoms with van der Waals surface area (Å²) in [6.07, 6.45) is 0.927. The van der Waals surface area contributed by atoms with Gasteiger partial charge >= 0.3 is 0 Å². The van der Waals surface area contributed by atoms with Gasteiger partial charge < -0.3 is 11.1 Å². The van der Waals surface area contributed by atoms with E-state index in [-0.39, 0.29) is 5.91 Å². The molecule has 0 aliphatic heterocycles. The molecule has 21 heavy (non-hydrogen) atoms. The predicted octanol–water partition coefficient (Wildman–Crippen LogP) is 2.81. The maximum atomic E-state index is 11.8. The number of nitrogen functional groups attached to an aromatic ring is 1. The zero-order valence-corrected chi connectivity index (χ0v) is 12.0. The molecule has 1 amide bonds. The Labute approximate surface area is 125 Å². The fraction of sp³-hybridized carbons (Fsp3) is 0.167. The second-order valence-corrected chi connectivity index (χ2v) is 4.71. The molecule has 0 saturated carbocycles. The second-order valence-electron chi connectivity index (χ2n) is 4.71. The maximum absolute atomic E-state index is 11.8. The summed E-state index contributed by atoms with van der Waals surface area (Å²) in [6.45, 7) is 2.72. The summed E-state index contributed by atoms with van der Waals surface area (Å²) in [6, 6.07) is 14.7. The first-order valence-electron chi connectivity index (χ1n) is 6.95. The highest BCUT2D eigenvalue weighted by Crippen LogP contribution is 2.06. The third-order valence-electron chi connectivity index (χ3n) is 2.94. The van der Waals surface area contributed by atoms with E-state index in [0.717, 1.165) is 23.2 Å². The molecule has 2 aromatic carbocycles. The van der Waals surface area contributed by atoms with Crippen LogP contribution in [0.15, 0.2) is 48.5 Å². The summed E-state index contributed by atoms with van der Waals surface area (Å²) >= 11 is 0. The van der Waals surface area contributed by atoms with Crippen molar-refractivity contribution in [3.8, 4) is 11.8 Å². The molecule has 0 aliphatic rings. The van der Waals surface area contributed by atoms with Crippen LogP contribution < -0.4 is 11.1 Å². The Morgan fingerprint density at radius 3 is 2.05 bits per heavy atom. The van der Waals surface area contributed by atoms with Crippen LogP contribution in [0.2, 0.25) is 0 Å². The van der Waals surface area contributed by atoms with Gasteiger partial charge in [-0.3, -0.25) is 4.79 Å². The van der Waals surface area contributed by atoms with Crippen molar-refractivity contribution < 1.29 is 4.79 Å². The molecule has 0 unspecified atom stereocenters. The quantitative estimate of drug-likeness (QED) is 0.670. The van der Waals surface area contributed by atoms with Gasteiger partial charge in [0.15, 0.2) is 0 Å². The highest BCUT2D eigenvalue weighted by atomic mass is 16.1. The van der Waals surface area contributed by atoms with Gasteiger partial charge in [-0.05, 0) is 55.0 Å². The average molecular weight is 278 g/mol. The third-order valence-corrected chi connectivity index (χ3v) is 2.94. The minimum atomic E-state index is -0.0464. The van der Waals surface area contributed by atoms with E-state index >= 15 is 0 Å². The lowest BCUT2D eigenvalue weighted by Crippen LogP contribution is -2.23. The molecule has 0 aromatic heterocycles. The van der Waals surface area contributed by atoms with Gasteiger partial charge in [-0.15, -0.1) is 0 Å². The van der Waals surface area contributed by atoms with Crippen molar-refractivity contribution in [2.45, 2.75) is 13.3 Å². The van der Waals surface area contributed by atoms with Crippen LogP contribution in [0.5, 0.6) is 0 Å². The number of hydrogen-bond donors (Lipinski definition) is 2. The number of nitrogens with two attached hydrogens (primary N) is 1. The molecule has 3 heteroatoms. The molecule has 2 rings (SSSR count). The number of carbonyl (C=O) groups excluding carboxylic acids is 1. The lowest BCUT2D eigenvalue weighted by molar-refractivity contribution is 0.0953. The van der Waals surface area contributed by atoms with Gasteiger partial charge in [0, 0.05) is 28.9 Å². The highest BCUT2D eigenvalue weighted by molar-refractivity contribution is 5.94. The summed E-state index contributed by atoms with van der Waals surface area (Å²) in [7, 11) is 0. The maximum Gasteiger partial charge on any atom is 0.251 e. The second kappa shape index (κ2) is 7.16. The van der Waals surface area contributed by atoms with Crippen molar-refractivity contribution in [3.05, 3.63) is 65.2 Å². The zero-order chi connectivity index (χ0) is 15.1. The van der Waals surface area contributed by atoms with Crippen LogP contribution in [-0.2, 0) is 0 Å². The van der Waals surface area contributed by atoms with Gasteiger partial charge in [0.05, 0.1) is 0 Å². The summed E-state index contributed by atoms with van der Waals surface area (Å²) in [5.41, 5.74) is 8.79. The van der Waals surface area contributed by atoms with Crippen LogP contribution in [-0.4, -0.2) is 12.5 Å². The van der Waals surface area contributed by atoms with Gasteiger partial charge in [-0.2, -0.15) is 0 Å². The molecule has 0 saturated heterocycles. The van der Waals surface area contributed by atoms with E-state index in [2.05, 4.69) is 17.2 Å². The predicted molar refractivity (Wildman–Crippen MR) is 85.9 cm³/mol. The van der Waals surface area contributed by atoms with Crippen LogP contribution in [0.1, 0.15) is 34.8 Å². The van der Waals surface area contributed by atoms with E-state index in [4.69, 9.17) is 5.73 Å². The largest absolute Gasteiger partial charge is 0.399 e. The minimum Gasteiger partial charge on any atom is -0.399 e. The van der Waals surface area contributed by atoms with Crippen LogP contribution in [0.4, 0.5) is 5.69 Å². The number of amides is 1. The van der Waals surface area contributed by atoms with Crippen molar-refractivity contribution in [1.82, 2.24) is 5.32 Å². The first kappa shape index (κ1) is 14.7. The Kier molecular flexibility index (Phi) is 5.00. The molecule has 0 fully saturated rings. The molecule has 106 valence electrons. The number of anilines is 1. The molecular formula is C18H18N2O. The van der Waals surface area contributed by atoms with Crippen molar-refractivity contribution in [3.63, 3.8) is 0 Å². The standard InChI is InChI=1S/C18H18N2O/c1-2-13-20-18(21)16-9-5-14(6-10-16)3-4-15-7-11-17(19)12-8-15/h5-12H,2,13,19H2,1H3,(H,20,21). The fourth-order valence-electron chi connectivity index (χ4n) is 1.76. The summed E-state index contributed by atoms with van der Waals surface area (Å²) < 4.78 is 0. The number of hydrogen-bond acceptors (Lipinski definition) is 2. The average Bonchev–Trinajstić information content (AvgIpc) is 2.52. The van der Waals surface area contributed by atoms with Crippen molar-refractivity contribution >= 4 is 11.6 Å². The molecule has 3 N–H and O–H groups in total. The molecule has 0 aliphatic carbocycles. The molecule has 0 radical (unpaired) electrons. The molecule has 3 nitrogen and oxygen atoms in total. The first-order valence-corrected chi connectivity index (χ1v) is 6.95. The van der Waals surface area contributed by atoms with E-state index in [1.807, 2.05) is 43.3 Å². The summed E-state index contributed by atoms with van der Waals surface area (Å²) in [4.78, 5) is 11.8. The van der Waals surface area contributed by atoms with Crippen molar-refractivity contribution in [2.24, 2.45) is 0 Å². The number of rotatable bonds is 3. The van der Waals surface area contributed by atoms with Crippen molar-refractivity contribution in [2.75, 3.05) is 12.3 Å². The Hall–Kier alpha value is -2.73. The van der Waals surface area contributed by atoms with E-state index in [1.54, 1.807) is 12.1 Å². The Morgan fingerprint density at radius 1 is 1.00 bits per heavy atom. The number of carbonyl (C=O) groups is 1. The minimum absolute atomic E-state index is 0.0464. The summed E-state index contributed by atoms with van der Waals surface area (Å²) in [5.74, 6) is 6.09. The number of nitrogens with one attached hydrogen (secondary N) is 1.